The Morgan fingerprint density at radius 2 is 2.08 bits per heavy atom. The van der Waals surface area contributed by atoms with Crippen molar-refractivity contribution in [3.8, 4) is 0 Å². The van der Waals surface area contributed by atoms with Crippen LogP contribution in [-0.2, 0) is 14.8 Å². The third kappa shape index (κ3) is 5.97. The second-order valence-corrected chi connectivity index (χ2v) is 9.60. The highest BCUT2D eigenvalue weighted by Crippen LogP contribution is 2.18. The summed E-state index contributed by atoms with van der Waals surface area (Å²) < 4.78 is 27.5. The quantitative estimate of drug-likeness (QED) is 0.693. The standard InChI is InChI=1S/C18H29N3O3S2/c1-14-5-7-16(8-6-14)26(23,24)20-12-15-4-3-10-21(13-15)18(22)17(19)9-11-25-2/h5-8,15,17,20H,3-4,9-13,19H2,1-2H3/t15?,17-/m0/s1. The Bertz CT molecular complexity index is 692. The topological polar surface area (TPSA) is 92.5 Å². The maximum Gasteiger partial charge on any atom is 0.240 e. The van der Waals surface area contributed by atoms with Crippen LogP contribution in [0.1, 0.15) is 24.8 Å². The molecule has 0 bridgehead atoms. The molecule has 26 heavy (non-hydrogen) atoms. The number of piperidine rings is 1. The number of benzene rings is 1. The predicted octanol–water partition coefficient (Wildman–Crippen LogP) is 1.59. The van der Waals surface area contributed by atoms with Gasteiger partial charge in [0.2, 0.25) is 15.9 Å². The molecule has 8 heteroatoms. The van der Waals surface area contributed by atoms with E-state index in [4.69, 9.17) is 5.73 Å². The predicted molar refractivity (Wildman–Crippen MR) is 107 cm³/mol. The minimum atomic E-state index is -3.52. The van der Waals surface area contributed by atoms with Crippen LogP contribution in [0.25, 0.3) is 0 Å². The third-order valence-electron chi connectivity index (χ3n) is 4.67. The molecule has 1 amide bonds. The first kappa shape index (κ1) is 21.2. The van der Waals surface area contributed by atoms with E-state index in [-0.39, 0.29) is 16.7 Å². The Hall–Kier alpha value is -1.09. The summed E-state index contributed by atoms with van der Waals surface area (Å²) in [4.78, 5) is 14.5. The van der Waals surface area contributed by atoms with E-state index in [0.29, 0.717) is 26.1 Å². The zero-order valence-electron chi connectivity index (χ0n) is 15.5. The molecule has 0 saturated carbocycles. The Balaban J connectivity index is 1.89. The maximum absolute atomic E-state index is 12.5. The van der Waals surface area contributed by atoms with Crippen molar-refractivity contribution in [1.82, 2.24) is 9.62 Å². The van der Waals surface area contributed by atoms with Crippen molar-refractivity contribution < 1.29 is 13.2 Å². The highest BCUT2D eigenvalue weighted by molar-refractivity contribution is 7.98. The molecule has 6 nitrogen and oxygen atoms in total. The molecule has 0 aliphatic carbocycles. The molecule has 1 aromatic carbocycles. The lowest BCUT2D eigenvalue weighted by Crippen LogP contribution is -2.49. The molecule has 0 aromatic heterocycles. The summed E-state index contributed by atoms with van der Waals surface area (Å²) in [5, 5.41) is 0. The molecule has 1 aliphatic rings. The van der Waals surface area contributed by atoms with Gasteiger partial charge in [0.05, 0.1) is 10.9 Å². The van der Waals surface area contributed by atoms with E-state index < -0.39 is 16.1 Å². The summed E-state index contributed by atoms with van der Waals surface area (Å²) in [6.07, 6.45) is 4.44. The molecule has 1 saturated heterocycles. The number of rotatable bonds is 8. The molecular formula is C18H29N3O3S2. The highest BCUT2D eigenvalue weighted by Gasteiger charge is 2.27. The average Bonchev–Trinajstić information content (AvgIpc) is 2.64. The molecule has 1 heterocycles. The normalized spacial score (nSPS) is 19.3. The number of nitrogens with one attached hydrogen (secondary N) is 1. The number of carbonyl (C=O) groups excluding carboxylic acids is 1. The SMILES string of the molecule is CSCC[C@H](N)C(=O)N1CCCC(CNS(=O)(=O)c2ccc(C)cc2)C1. The fraction of sp³-hybridized carbons (Fsp3) is 0.611. The first-order valence-corrected chi connectivity index (χ1v) is 11.8. The van der Waals surface area contributed by atoms with E-state index in [2.05, 4.69) is 4.72 Å². The van der Waals surface area contributed by atoms with Crippen LogP contribution in [0.3, 0.4) is 0 Å². The van der Waals surface area contributed by atoms with Crippen molar-refractivity contribution in [3.05, 3.63) is 29.8 Å². The van der Waals surface area contributed by atoms with Gasteiger partial charge in [0.15, 0.2) is 0 Å². The molecule has 0 spiro atoms. The number of aryl methyl sites for hydroxylation is 1. The van der Waals surface area contributed by atoms with Crippen LogP contribution in [0.2, 0.25) is 0 Å². The molecule has 2 rings (SSSR count). The van der Waals surface area contributed by atoms with Gasteiger partial charge in [-0.05, 0) is 56.2 Å². The molecule has 1 aliphatic heterocycles. The van der Waals surface area contributed by atoms with Crippen LogP contribution < -0.4 is 10.5 Å². The largest absolute Gasteiger partial charge is 0.341 e. The Kier molecular flexibility index (Phi) is 7.94. The van der Waals surface area contributed by atoms with E-state index in [1.165, 1.54) is 0 Å². The Morgan fingerprint density at radius 3 is 2.73 bits per heavy atom. The monoisotopic (exact) mass is 399 g/mol. The first-order valence-electron chi connectivity index (χ1n) is 8.93. The van der Waals surface area contributed by atoms with Crippen LogP contribution in [-0.4, -0.2) is 56.9 Å². The van der Waals surface area contributed by atoms with E-state index in [1.54, 1.807) is 40.9 Å². The van der Waals surface area contributed by atoms with Crippen molar-refractivity contribution >= 4 is 27.7 Å². The molecule has 1 unspecified atom stereocenters. The minimum absolute atomic E-state index is 0.0230. The van der Waals surface area contributed by atoms with E-state index in [0.717, 1.165) is 24.2 Å². The van der Waals surface area contributed by atoms with Gasteiger partial charge in [0.25, 0.3) is 0 Å². The second-order valence-electron chi connectivity index (χ2n) is 6.85. The minimum Gasteiger partial charge on any atom is -0.341 e. The molecule has 1 aromatic rings. The smallest absolute Gasteiger partial charge is 0.240 e. The number of nitrogens with zero attached hydrogens (tertiary/aromatic N) is 1. The lowest BCUT2D eigenvalue weighted by molar-refractivity contribution is -0.134. The molecular weight excluding hydrogens is 370 g/mol. The average molecular weight is 400 g/mol. The number of carbonyl (C=O) groups is 1. The molecule has 0 radical (unpaired) electrons. The van der Waals surface area contributed by atoms with Gasteiger partial charge >= 0.3 is 0 Å². The molecule has 146 valence electrons. The van der Waals surface area contributed by atoms with Gasteiger partial charge in [0, 0.05) is 19.6 Å². The van der Waals surface area contributed by atoms with Crippen LogP contribution in [0.15, 0.2) is 29.2 Å². The number of hydrogen-bond donors (Lipinski definition) is 2. The van der Waals surface area contributed by atoms with Crippen molar-refractivity contribution in [2.45, 2.75) is 37.1 Å². The van der Waals surface area contributed by atoms with E-state index in [1.807, 2.05) is 13.2 Å². The fourth-order valence-corrected chi connectivity index (χ4v) is 4.67. The van der Waals surface area contributed by atoms with Gasteiger partial charge in [0.1, 0.15) is 0 Å². The number of amides is 1. The van der Waals surface area contributed by atoms with E-state index in [9.17, 15) is 13.2 Å². The zero-order valence-corrected chi connectivity index (χ0v) is 17.1. The van der Waals surface area contributed by atoms with Crippen LogP contribution in [0.4, 0.5) is 0 Å². The van der Waals surface area contributed by atoms with Gasteiger partial charge in [-0.2, -0.15) is 11.8 Å². The summed E-state index contributed by atoms with van der Waals surface area (Å²) in [7, 11) is -3.52. The van der Waals surface area contributed by atoms with Crippen LogP contribution in [0.5, 0.6) is 0 Å². The van der Waals surface area contributed by atoms with Crippen molar-refractivity contribution in [2.24, 2.45) is 11.7 Å². The summed E-state index contributed by atoms with van der Waals surface area (Å²) in [6.45, 7) is 3.51. The van der Waals surface area contributed by atoms with Gasteiger partial charge in [-0.3, -0.25) is 4.79 Å². The summed E-state index contributed by atoms with van der Waals surface area (Å²) in [6, 6.07) is 6.32. The van der Waals surface area contributed by atoms with Gasteiger partial charge < -0.3 is 10.6 Å². The van der Waals surface area contributed by atoms with Crippen LogP contribution >= 0.6 is 11.8 Å². The van der Waals surface area contributed by atoms with Crippen LogP contribution in [0, 0.1) is 12.8 Å². The molecule has 2 atom stereocenters. The van der Waals surface area contributed by atoms with Crippen molar-refractivity contribution in [1.29, 1.82) is 0 Å². The van der Waals surface area contributed by atoms with Crippen molar-refractivity contribution in [3.63, 3.8) is 0 Å². The number of likely N-dealkylation sites (tertiary alicyclic amines) is 1. The maximum atomic E-state index is 12.5. The Morgan fingerprint density at radius 1 is 1.38 bits per heavy atom. The summed E-state index contributed by atoms with van der Waals surface area (Å²) in [5.41, 5.74) is 7.01. The second kappa shape index (κ2) is 9.73. The third-order valence-corrected chi connectivity index (χ3v) is 6.76. The zero-order chi connectivity index (χ0) is 19.2. The summed E-state index contributed by atoms with van der Waals surface area (Å²) in [5.74, 6) is 0.950. The number of hydrogen-bond acceptors (Lipinski definition) is 5. The molecule has 3 N–H and O–H groups in total. The highest BCUT2D eigenvalue weighted by atomic mass is 32.2. The van der Waals surface area contributed by atoms with E-state index >= 15 is 0 Å². The summed E-state index contributed by atoms with van der Waals surface area (Å²) >= 11 is 1.68. The Labute approximate surface area is 160 Å². The van der Waals surface area contributed by atoms with Gasteiger partial charge in [-0.1, -0.05) is 17.7 Å². The number of nitrogens with two attached hydrogens (primary N) is 1. The van der Waals surface area contributed by atoms with Gasteiger partial charge in [-0.15, -0.1) is 0 Å². The number of sulfonamides is 1. The lowest BCUT2D eigenvalue weighted by atomic mass is 9.97. The fourth-order valence-electron chi connectivity index (χ4n) is 3.06. The lowest BCUT2D eigenvalue weighted by Gasteiger charge is -2.34. The number of thioether (sulfide) groups is 1. The first-order chi connectivity index (χ1) is 12.3. The molecule has 1 fully saturated rings. The van der Waals surface area contributed by atoms with Crippen molar-refractivity contribution in [2.75, 3.05) is 31.6 Å². The van der Waals surface area contributed by atoms with Gasteiger partial charge in [-0.25, -0.2) is 13.1 Å².